The van der Waals surface area contributed by atoms with Gasteiger partial charge in [-0.15, -0.1) is 0 Å². The summed E-state index contributed by atoms with van der Waals surface area (Å²) in [5.74, 6) is 0. The van der Waals surface area contributed by atoms with Gasteiger partial charge in [-0.3, -0.25) is 9.38 Å². The lowest BCUT2D eigenvalue weighted by molar-refractivity contribution is 1.18. The first-order valence-corrected chi connectivity index (χ1v) is 12.6. The molecule has 1 aliphatic rings. The van der Waals surface area contributed by atoms with Crippen molar-refractivity contribution in [2.24, 2.45) is 0 Å². The average Bonchev–Trinajstić information content (AvgIpc) is 3.66. The molecular weight excluding hydrogens is 452 g/mol. The van der Waals surface area contributed by atoms with Crippen LogP contribution < -0.4 is 0 Å². The Morgan fingerprint density at radius 1 is 0.622 bits per heavy atom. The largest absolute Gasteiger partial charge is 0.309 e. The summed E-state index contributed by atoms with van der Waals surface area (Å²) in [7, 11) is 0. The first-order chi connectivity index (χ1) is 18.4. The fraction of sp³-hybridized carbons (Fsp3) is 0.0303. The van der Waals surface area contributed by atoms with Crippen molar-refractivity contribution in [3.8, 4) is 16.8 Å². The second kappa shape index (κ2) is 6.83. The van der Waals surface area contributed by atoms with Gasteiger partial charge in [0.2, 0.25) is 0 Å². The minimum Gasteiger partial charge on any atom is -0.309 e. The monoisotopic (exact) mass is 472 g/mol. The number of imidazole rings is 1. The molecule has 0 N–H and O–H groups in total. The quantitative estimate of drug-likeness (QED) is 0.229. The molecule has 0 unspecified atom stereocenters. The highest BCUT2D eigenvalue weighted by Gasteiger charge is 2.26. The molecule has 9 rings (SSSR count). The van der Waals surface area contributed by atoms with Crippen molar-refractivity contribution in [1.82, 2.24) is 18.9 Å². The van der Waals surface area contributed by atoms with Crippen LogP contribution in [0.2, 0.25) is 0 Å². The fourth-order valence-electron chi connectivity index (χ4n) is 6.52. The van der Waals surface area contributed by atoms with Gasteiger partial charge in [0.1, 0.15) is 5.65 Å². The van der Waals surface area contributed by atoms with Crippen LogP contribution in [0.15, 0.2) is 110 Å². The third kappa shape index (κ3) is 2.42. The van der Waals surface area contributed by atoms with Crippen LogP contribution >= 0.6 is 0 Å². The van der Waals surface area contributed by atoms with E-state index in [1.54, 1.807) is 0 Å². The van der Waals surface area contributed by atoms with Crippen LogP contribution in [0.25, 0.3) is 66.1 Å². The highest BCUT2D eigenvalue weighted by Crippen LogP contribution is 2.47. The number of nitrogens with zero attached hydrogens (tertiary/aromatic N) is 4. The summed E-state index contributed by atoms with van der Waals surface area (Å²) in [6.07, 6.45) is 6.72. The summed E-state index contributed by atoms with van der Waals surface area (Å²) >= 11 is 0. The molecule has 4 aromatic heterocycles. The molecule has 4 aromatic carbocycles. The van der Waals surface area contributed by atoms with E-state index in [2.05, 4.69) is 93.9 Å². The number of fused-ring (bicyclic) bond motifs is 13. The van der Waals surface area contributed by atoms with Crippen molar-refractivity contribution in [3.63, 3.8) is 0 Å². The minimum atomic E-state index is 0.925. The SMILES string of the molecule is c1ccc(-n2c3ccccc3c3c4c(ccc32)Cc2cc3c(cc2-4)c2ncccc2n2ccnc32)cc1. The minimum absolute atomic E-state index is 0.925. The van der Waals surface area contributed by atoms with E-state index in [0.29, 0.717) is 0 Å². The van der Waals surface area contributed by atoms with E-state index >= 15 is 0 Å². The molecule has 0 radical (unpaired) electrons. The lowest BCUT2D eigenvalue weighted by Gasteiger charge is -2.11. The molecule has 1 aliphatic carbocycles. The van der Waals surface area contributed by atoms with Gasteiger partial charge in [-0.25, -0.2) is 4.98 Å². The molecule has 4 nitrogen and oxygen atoms in total. The standard InChI is InChI=1S/C33H20N4/c1-2-7-22(8-3-1)37-27-10-5-4-9-23(27)31-28(37)13-12-20-17-21-18-26-25(19-24(21)30(20)31)32-29(11-6-14-34-32)36-16-15-35-33(26)36/h1-16,18-19H,17H2. The van der Waals surface area contributed by atoms with E-state index in [1.807, 2.05) is 24.7 Å². The molecule has 0 saturated carbocycles. The maximum Gasteiger partial charge on any atom is 0.145 e. The van der Waals surface area contributed by atoms with Crippen molar-refractivity contribution < 1.29 is 0 Å². The van der Waals surface area contributed by atoms with Gasteiger partial charge in [0.15, 0.2) is 0 Å². The Hall–Kier alpha value is -4.96. The molecule has 8 aromatic rings. The van der Waals surface area contributed by atoms with Crippen molar-refractivity contribution in [2.75, 3.05) is 0 Å². The van der Waals surface area contributed by atoms with Gasteiger partial charge in [-0.2, -0.15) is 0 Å². The van der Waals surface area contributed by atoms with Crippen LogP contribution in [0.1, 0.15) is 11.1 Å². The second-order valence-electron chi connectivity index (χ2n) is 9.91. The summed E-state index contributed by atoms with van der Waals surface area (Å²) in [6, 6.07) is 32.9. The third-order valence-electron chi connectivity index (χ3n) is 8.02. The molecular formula is C33H20N4. The van der Waals surface area contributed by atoms with Gasteiger partial charge in [0, 0.05) is 45.8 Å². The van der Waals surface area contributed by atoms with Crippen molar-refractivity contribution in [2.45, 2.75) is 6.42 Å². The summed E-state index contributed by atoms with van der Waals surface area (Å²) in [5.41, 5.74) is 12.1. The van der Waals surface area contributed by atoms with Gasteiger partial charge in [0.25, 0.3) is 0 Å². The predicted octanol–water partition coefficient (Wildman–Crippen LogP) is 7.70. The molecule has 0 fully saturated rings. The van der Waals surface area contributed by atoms with E-state index in [4.69, 9.17) is 9.97 Å². The zero-order valence-electron chi connectivity index (χ0n) is 19.9. The maximum atomic E-state index is 4.82. The molecule has 172 valence electrons. The number of hydrogen-bond donors (Lipinski definition) is 0. The van der Waals surface area contributed by atoms with Crippen LogP contribution in [0.3, 0.4) is 0 Å². The second-order valence-corrected chi connectivity index (χ2v) is 9.91. The molecule has 0 amide bonds. The van der Waals surface area contributed by atoms with Crippen LogP contribution in [-0.4, -0.2) is 18.9 Å². The summed E-state index contributed by atoms with van der Waals surface area (Å²) in [5, 5.41) is 4.93. The Bertz CT molecular complexity index is 2220. The Morgan fingerprint density at radius 3 is 2.43 bits per heavy atom. The van der Waals surface area contributed by atoms with Gasteiger partial charge in [0.05, 0.1) is 22.1 Å². The normalized spacial score (nSPS) is 12.8. The smallest absolute Gasteiger partial charge is 0.145 e. The van der Waals surface area contributed by atoms with Gasteiger partial charge in [-0.05, 0) is 77.2 Å². The Balaban J connectivity index is 1.44. The first kappa shape index (κ1) is 19.3. The van der Waals surface area contributed by atoms with Gasteiger partial charge in [-0.1, -0.05) is 42.5 Å². The molecule has 0 saturated heterocycles. The van der Waals surface area contributed by atoms with Crippen LogP contribution in [0.4, 0.5) is 0 Å². The summed E-state index contributed by atoms with van der Waals surface area (Å²) in [4.78, 5) is 9.56. The number of rotatable bonds is 1. The number of pyridine rings is 2. The van der Waals surface area contributed by atoms with E-state index in [1.165, 1.54) is 49.7 Å². The fourth-order valence-corrected chi connectivity index (χ4v) is 6.52. The maximum absolute atomic E-state index is 4.82. The van der Waals surface area contributed by atoms with Crippen LogP contribution in [0.5, 0.6) is 0 Å². The van der Waals surface area contributed by atoms with Crippen molar-refractivity contribution in [3.05, 3.63) is 121 Å². The molecule has 37 heavy (non-hydrogen) atoms. The van der Waals surface area contributed by atoms with E-state index in [0.717, 1.165) is 33.9 Å². The van der Waals surface area contributed by atoms with E-state index < -0.39 is 0 Å². The molecule has 4 heterocycles. The Labute approximate surface area is 212 Å². The van der Waals surface area contributed by atoms with Crippen molar-refractivity contribution >= 4 is 49.3 Å². The Morgan fingerprint density at radius 2 is 1.49 bits per heavy atom. The zero-order valence-corrected chi connectivity index (χ0v) is 19.9. The molecule has 0 aliphatic heterocycles. The highest BCUT2D eigenvalue weighted by atomic mass is 15.0. The molecule has 0 spiro atoms. The molecule has 4 heteroatoms. The average molecular weight is 473 g/mol. The number of aromatic nitrogens is 4. The summed E-state index contributed by atoms with van der Waals surface area (Å²) in [6.45, 7) is 0. The van der Waals surface area contributed by atoms with Gasteiger partial charge >= 0.3 is 0 Å². The Kier molecular flexibility index (Phi) is 3.55. The summed E-state index contributed by atoms with van der Waals surface area (Å²) < 4.78 is 4.56. The van der Waals surface area contributed by atoms with E-state index in [9.17, 15) is 0 Å². The molecule has 0 atom stereocenters. The lowest BCUT2D eigenvalue weighted by atomic mass is 9.97. The number of para-hydroxylation sites is 2. The van der Waals surface area contributed by atoms with E-state index in [-0.39, 0.29) is 0 Å². The number of hydrogen-bond acceptors (Lipinski definition) is 2. The predicted molar refractivity (Wildman–Crippen MR) is 151 cm³/mol. The molecule has 0 bridgehead atoms. The van der Waals surface area contributed by atoms with Gasteiger partial charge < -0.3 is 4.57 Å². The van der Waals surface area contributed by atoms with Crippen LogP contribution in [0, 0.1) is 0 Å². The third-order valence-corrected chi connectivity index (χ3v) is 8.02. The van der Waals surface area contributed by atoms with Crippen LogP contribution in [-0.2, 0) is 6.42 Å². The lowest BCUT2D eigenvalue weighted by Crippen LogP contribution is -1.93. The van der Waals surface area contributed by atoms with Crippen molar-refractivity contribution in [1.29, 1.82) is 0 Å². The highest BCUT2D eigenvalue weighted by molar-refractivity contribution is 6.19. The zero-order chi connectivity index (χ0) is 24.1. The first-order valence-electron chi connectivity index (χ1n) is 12.6. The number of benzene rings is 4. The topological polar surface area (TPSA) is 35.1 Å².